The minimum absolute atomic E-state index is 0.353. The molecule has 2 heterocycles. The Hall–Kier alpha value is -1.26. The predicted molar refractivity (Wildman–Crippen MR) is 84.0 cm³/mol. The Bertz CT molecular complexity index is 472. The van der Waals surface area contributed by atoms with Gasteiger partial charge in [0.25, 0.3) is 0 Å². The van der Waals surface area contributed by atoms with Crippen LogP contribution in [0.1, 0.15) is 31.7 Å². The summed E-state index contributed by atoms with van der Waals surface area (Å²) in [5, 5.41) is 3.57. The van der Waals surface area contributed by atoms with Crippen molar-refractivity contribution in [3.8, 4) is 11.5 Å². The summed E-state index contributed by atoms with van der Waals surface area (Å²) >= 11 is 0. The van der Waals surface area contributed by atoms with E-state index in [0.29, 0.717) is 18.9 Å². The van der Waals surface area contributed by atoms with Crippen LogP contribution in [0.4, 0.5) is 0 Å². The van der Waals surface area contributed by atoms with Crippen LogP contribution < -0.4 is 14.8 Å². The van der Waals surface area contributed by atoms with Gasteiger partial charge in [0.2, 0.25) is 6.79 Å². The number of hydrogen-bond donors (Lipinski definition) is 1. The molecule has 1 N–H and O–H groups in total. The zero-order valence-electron chi connectivity index (χ0n) is 13.1. The lowest BCUT2D eigenvalue weighted by Gasteiger charge is -2.27. The minimum Gasteiger partial charge on any atom is -0.454 e. The van der Waals surface area contributed by atoms with Gasteiger partial charge in [0, 0.05) is 18.6 Å². The van der Waals surface area contributed by atoms with E-state index >= 15 is 0 Å². The van der Waals surface area contributed by atoms with Crippen molar-refractivity contribution < 1.29 is 9.47 Å². The summed E-state index contributed by atoms with van der Waals surface area (Å²) in [6, 6.07) is 7.57. The second-order valence-electron chi connectivity index (χ2n) is 6.31. The number of aryl methyl sites for hydroxylation is 1. The maximum absolute atomic E-state index is 5.44. The lowest BCUT2D eigenvalue weighted by Crippen LogP contribution is -2.40. The lowest BCUT2D eigenvalue weighted by molar-refractivity contribution is 0.174. The fourth-order valence-corrected chi connectivity index (χ4v) is 3.13. The summed E-state index contributed by atoms with van der Waals surface area (Å²) in [6.45, 7) is 5.01. The summed E-state index contributed by atoms with van der Waals surface area (Å²) in [5.74, 6) is 1.76. The second kappa shape index (κ2) is 6.67. The fourth-order valence-electron chi connectivity index (χ4n) is 3.13. The van der Waals surface area contributed by atoms with E-state index in [4.69, 9.17) is 9.47 Å². The van der Waals surface area contributed by atoms with Gasteiger partial charge in [0.15, 0.2) is 11.5 Å². The van der Waals surface area contributed by atoms with Crippen LogP contribution in [-0.4, -0.2) is 43.9 Å². The molecule has 0 radical (unpaired) electrons. The average molecular weight is 290 g/mol. The molecule has 2 unspecified atom stereocenters. The van der Waals surface area contributed by atoms with Crippen LogP contribution in [0, 0.1) is 0 Å². The van der Waals surface area contributed by atoms with Gasteiger partial charge >= 0.3 is 0 Å². The zero-order chi connectivity index (χ0) is 14.7. The lowest BCUT2D eigenvalue weighted by atomic mass is 10.0. The zero-order valence-corrected chi connectivity index (χ0v) is 13.1. The van der Waals surface area contributed by atoms with Crippen molar-refractivity contribution in [1.82, 2.24) is 10.2 Å². The van der Waals surface area contributed by atoms with Gasteiger partial charge in [0.05, 0.1) is 0 Å². The Labute approximate surface area is 127 Å². The monoisotopic (exact) mass is 290 g/mol. The largest absolute Gasteiger partial charge is 0.454 e. The number of likely N-dealkylation sites (N-methyl/N-ethyl adjacent to an activating group) is 1. The first kappa shape index (κ1) is 14.7. The summed E-state index contributed by atoms with van der Waals surface area (Å²) < 4.78 is 10.8. The summed E-state index contributed by atoms with van der Waals surface area (Å²) in [5.41, 5.74) is 1.33. The third-order valence-electron chi connectivity index (χ3n) is 4.71. The molecule has 0 amide bonds. The van der Waals surface area contributed by atoms with Crippen LogP contribution in [-0.2, 0) is 6.42 Å². The molecule has 1 aromatic rings. The van der Waals surface area contributed by atoms with E-state index in [1.807, 2.05) is 6.07 Å². The van der Waals surface area contributed by atoms with E-state index in [0.717, 1.165) is 24.5 Å². The molecule has 0 saturated carbocycles. The maximum atomic E-state index is 5.44. The molecular weight excluding hydrogens is 264 g/mol. The number of fused-ring (bicyclic) bond motifs is 1. The number of benzene rings is 1. The highest BCUT2D eigenvalue weighted by Crippen LogP contribution is 2.32. The molecule has 2 aliphatic rings. The number of nitrogens with one attached hydrogen (secondary N) is 1. The smallest absolute Gasteiger partial charge is 0.231 e. The second-order valence-corrected chi connectivity index (χ2v) is 6.31. The molecule has 0 aliphatic carbocycles. The molecule has 0 spiro atoms. The van der Waals surface area contributed by atoms with Crippen LogP contribution in [0.2, 0.25) is 0 Å². The summed E-state index contributed by atoms with van der Waals surface area (Å²) in [7, 11) is 2.24. The van der Waals surface area contributed by atoms with Crippen molar-refractivity contribution in [2.45, 2.75) is 44.7 Å². The van der Waals surface area contributed by atoms with Crippen LogP contribution in [0.5, 0.6) is 11.5 Å². The molecule has 3 rings (SSSR count). The molecule has 21 heavy (non-hydrogen) atoms. The quantitative estimate of drug-likeness (QED) is 0.872. The Morgan fingerprint density at radius 2 is 2.19 bits per heavy atom. The topological polar surface area (TPSA) is 33.7 Å². The van der Waals surface area contributed by atoms with Gasteiger partial charge in [-0.15, -0.1) is 0 Å². The molecule has 1 saturated heterocycles. The number of nitrogens with zero attached hydrogens (tertiary/aromatic N) is 1. The van der Waals surface area contributed by atoms with E-state index in [1.165, 1.54) is 31.4 Å². The highest BCUT2D eigenvalue weighted by atomic mass is 16.7. The van der Waals surface area contributed by atoms with Crippen molar-refractivity contribution in [1.29, 1.82) is 0 Å². The van der Waals surface area contributed by atoms with Gasteiger partial charge in [-0.1, -0.05) is 6.07 Å². The molecule has 2 atom stereocenters. The van der Waals surface area contributed by atoms with E-state index < -0.39 is 0 Å². The Morgan fingerprint density at radius 3 is 3.00 bits per heavy atom. The molecule has 2 aliphatic heterocycles. The van der Waals surface area contributed by atoms with Gasteiger partial charge in [-0.05, 0) is 63.9 Å². The fraction of sp³-hybridized carbons (Fsp3) is 0.647. The highest BCUT2D eigenvalue weighted by molar-refractivity contribution is 5.44. The molecule has 116 valence electrons. The van der Waals surface area contributed by atoms with E-state index in [1.54, 1.807) is 0 Å². The summed E-state index contributed by atoms with van der Waals surface area (Å²) in [6.07, 6.45) is 4.90. The van der Waals surface area contributed by atoms with Crippen molar-refractivity contribution in [3.05, 3.63) is 23.8 Å². The molecular formula is C17H26N2O2. The van der Waals surface area contributed by atoms with Crippen LogP contribution in [0.3, 0.4) is 0 Å². The highest BCUT2D eigenvalue weighted by Gasteiger charge is 2.19. The van der Waals surface area contributed by atoms with Crippen LogP contribution in [0.25, 0.3) is 0 Å². The molecule has 0 aromatic heterocycles. The molecule has 1 fully saturated rings. The van der Waals surface area contributed by atoms with Gasteiger partial charge in [-0.3, -0.25) is 0 Å². The van der Waals surface area contributed by atoms with Crippen molar-refractivity contribution in [3.63, 3.8) is 0 Å². The number of hydrogen-bond acceptors (Lipinski definition) is 4. The van der Waals surface area contributed by atoms with Gasteiger partial charge in [0.1, 0.15) is 0 Å². The van der Waals surface area contributed by atoms with Crippen LogP contribution >= 0.6 is 0 Å². The molecule has 1 aromatic carbocycles. The minimum atomic E-state index is 0.353. The third kappa shape index (κ3) is 3.69. The van der Waals surface area contributed by atoms with Gasteiger partial charge in [-0.2, -0.15) is 0 Å². The van der Waals surface area contributed by atoms with Crippen molar-refractivity contribution in [2.24, 2.45) is 0 Å². The van der Waals surface area contributed by atoms with E-state index in [-0.39, 0.29) is 0 Å². The van der Waals surface area contributed by atoms with E-state index in [2.05, 4.69) is 36.3 Å². The standard InChI is InChI=1S/C17H26N2O2/c1-13(19(2)11-15-4-3-9-18-15)5-6-14-7-8-16-17(10-14)21-12-20-16/h7-8,10,13,15,18H,3-6,9,11-12H2,1-2H3. The van der Waals surface area contributed by atoms with E-state index in [9.17, 15) is 0 Å². The maximum Gasteiger partial charge on any atom is 0.231 e. The van der Waals surface area contributed by atoms with Crippen LogP contribution in [0.15, 0.2) is 18.2 Å². The average Bonchev–Trinajstić information content (AvgIpc) is 3.14. The Morgan fingerprint density at radius 1 is 1.33 bits per heavy atom. The van der Waals surface area contributed by atoms with Gasteiger partial charge in [-0.25, -0.2) is 0 Å². The molecule has 0 bridgehead atoms. The predicted octanol–water partition coefficient (Wildman–Crippen LogP) is 2.42. The Balaban J connectivity index is 1.47. The summed E-state index contributed by atoms with van der Waals surface area (Å²) in [4.78, 5) is 2.48. The Kier molecular flexibility index (Phi) is 4.66. The van der Waals surface area contributed by atoms with Crippen molar-refractivity contribution in [2.75, 3.05) is 26.9 Å². The normalized spacial score (nSPS) is 22.0. The van der Waals surface area contributed by atoms with Gasteiger partial charge < -0.3 is 19.7 Å². The molecule has 4 heteroatoms. The van der Waals surface area contributed by atoms with Crippen molar-refractivity contribution >= 4 is 0 Å². The first-order valence-corrected chi connectivity index (χ1v) is 8.04. The SMILES string of the molecule is CC(CCc1ccc2c(c1)OCO2)N(C)CC1CCCN1. The third-order valence-corrected chi connectivity index (χ3v) is 4.71. The number of rotatable bonds is 6. The molecule has 4 nitrogen and oxygen atoms in total. The first-order valence-electron chi connectivity index (χ1n) is 8.04. The first-order chi connectivity index (χ1) is 10.2. The number of ether oxygens (including phenoxy) is 2.